The molecule has 24 heavy (non-hydrogen) atoms. The number of esters is 1. The number of primary amides is 1. The number of methoxy groups -OCH3 is 1. The molecule has 6 nitrogen and oxygen atoms in total. The first-order valence-electron chi connectivity index (χ1n) is 6.94. The Morgan fingerprint density at radius 1 is 1.21 bits per heavy atom. The number of ether oxygens (including phenoxy) is 1. The standard InChI is InChI=1S/C17H12ClN3O3/c1-24-17(23)9-2-3-10(11(6-9)16(19)22)15-7-13(18)12-8-20-5-4-14(12)21-15/h2-8H,1H3,(H2,19,22). The first-order chi connectivity index (χ1) is 11.5. The van der Waals surface area contributed by atoms with E-state index >= 15 is 0 Å². The van der Waals surface area contributed by atoms with Crippen LogP contribution in [0.4, 0.5) is 0 Å². The fourth-order valence-corrected chi connectivity index (χ4v) is 2.63. The number of carbonyl (C=O) groups excluding carboxylic acids is 2. The minimum absolute atomic E-state index is 0.162. The van der Waals surface area contributed by atoms with Crippen molar-refractivity contribution in [1.82, 2.24) is 9.97 Å². The predicted molar refractivity (Wildman–Crippen MR) is 89.8 cm³/mol. The molecule has 2 aromatic heterocycles. The van der Waals surface area contributed by atoms with Crippen LogP contribution in [0.3, 0.4) is 0 Å². The molecular formula is C17H12ClN3O3. The molecule has 0 saturated carbocycles. The number of hydrogen-bond donors (Lipinski definition) is 1. The molecule has 2 N–H and O–H groups in total. The molecule has 0 spiro atoms. The maximum atomic E-state index is 11.8. The number of nitrogens with zero attached hydrogens (tertiary/aromatic N) is 2. The average molecular weight is 342 g/mol. The van der Waals surface area contributed by atoms with Gasteiger partial charge in [-0.15, -0.1) is 0 Å². The highest BCUT2D eigenvalue weighted by Gasteiger charge is 2.16. The Kier molecular flexibility index (Phi) is 4.14. The van der Waals surface area contributed by atoms with E-state index in [-0.39, 0.29) is 11.1 Å². The van der Waals surface area contributed by atoms with Crippen LogP contribution in [0.15, 0.2) is 42.7 Å². The number of hydrogen-bond acceptors (Lipinski definition) is 5. The number of amides is 1. The van der Waals surface area contributed by atoms with Gasteiger partial charge in [0.2, 0.25) is 5.91 Å². The fraction of sp³-hybridized carbons (Fsp3) is 0.0588. The smallest absolute Gasteiger partial charge is 0.337 e. The maximum Gasteiger partial charge on any atom is 0.337 e. The van der Waals surface area contributed by atoms with Gasteiger partial charge < -0.3 is 10.5 Å². The van der Waals surface area contributed by atoms with Crippen molar-refractivity contribution in [1.29, 1.82) is 0 Å². The summed E-state index contributed by atoms with van der Waals surface area (Å²) in [4.78, 5) is 32.0. The molecule has 0 aliphatic heterocycles. The summed E-state index contributed by atoms with van der Waals surface area (Å²) in [5, 5.41) is 1.16. The SMILES string of the molecule is COC(=O)c1ccc(-c2cc(Cl)c3cnccc3n2)c(C(N)=O)c1. The lowest BCUT2D eigenvalue weighted by Gasteiger charge is -2.10. The van der Waals surface area contributed by atoms with Crippen molar-refractivity contribution in [3.05, 3.63) is 58.9 Å². The molecule has 0 unspecified atom stereocenters. The lowest BCUT2D eigenvalue weighted by Crippen LogP contribution is -2.14. The molecule has 0 bridgehead atoms. The molecule has 7 heteroatoms. The zero-order valence-corrected chi connectivity index (χ0v) is 13.4. The highest BCUT2D eigenvalue weighted by molar-refractivity contribution is 6.35. The van der Waals surface area contributed by atoms with Crippen molar-refractivity contribution in [3.8, 4) is 11.3 Å². The third kappa shape index (κ3) is 2.79. The number of aromatic nitrogens is 2. The topological polar surface area (TPSA) is 95.2 Å². The molecule has 0 aliphatic carbocycles. The number of halogens is 1. The summed E-state index contributed by atoms with van der Waals surface area (Å²) in [6.07, 6.45) is 3.22. The number of rotatable bonds is 3. The van der Waals surface area contributed by atoms with E-state index < -0.39 is 11.9 Å². The zero-order chi connectivity index (χ0) is 17.3. The molecule has 1 aromatic carbocycles. The van der Waals surface area contributed by atoms with E-state index in [9.17, 15) is 9.59 Å². The normalized spacial score (nSPS) is 10.6. The van der Waals surface area contributed by atoms with Gasteiger partial charge in [0.15, 0.2) is 0 Å². The third-order valence-electron chi connectivity index (χ3n) is 3.54. The van der Waals surface area contributed by atoms with E-state index in [2.05, 4.69) is 14.7 Å². The van der Waals surface area contributed by atoms with Gasteiger partial charge in [-0.3, -0.25) is 9.78 Å². The molecule has 3 aromatic rings. The van der Waals surface area contributed by atoms with Gasteiger partial charge in [-0.1, -0.05) is 17.7 Å². The summed E-state index contributed by atoms with van der Waals surface area (Å²) in [5.41, 5.74) is 7.44. The summed E-state index contributed by atoms with van der Waals surface area (Å²) in [7, 11) is 1.26. The van der Waals surface area contributed by atoms with Gasteiger partial charge in [0.1, 0.15) is 0 Å². The van der Waals surface area contributed by atoms with Crippen LogP contribution >= 0.6 is 11.6 Å². The Morgan fingerprint density at radius 3 is 2.71 bits per heavy atom. The quantitative estimate of drug-likeness (QED) is 0.739. The fourth-order valence-electron chi connectivity index (χ4n) is 2.38. The van der Waals surface area contributed by atoms with Crippen LogP contribution in [0, 0.1) is 0 Å². The van der Waals surface area contributed by atoms with Gasteiger partial charge in [-0.2, -0.15) is 0 Å². The summed E-state index contributed by atoms with van der Waals surface area (Å²) < 4.78 is 4.66. The molecule has 3 rings (SSSR count). The number of pyridine rings is 2. The van der Waals surface area contributed by atoms with Crippen LogP contribution in [0.5, 0.6) is 0 Å². The summed E-state index contributed by atoms with van der Waals surface area (Å²) in [6.45, 7) is 0. The molecule has 0 radical (unpaired) electrons. The van der Waals surface area contributed by atoms with Crippen LogP contribution in [0.25, 0.3) is 22.2 Å². The Balaban J connectivity index is 2.22. The van der Waals surface area contributed by atoms with Crippen LogP contribution in [-0.2, 0) is 4.74 Å². The van der Waals surface area contributed by atoms with Gasteiger partial charge in [0.05, 0.1) is 28.9 Å². The Hall–Kier alpha value is -2.99. The van der Waals surface area contributed by atoms with Crippen LogP contribution in [-0.4, -0.2) is 29.0 Å². The summed E-state index contributed by atoms with van der Waals surface area (Å²) >= 11 is 6.28. The average Bonchev–Trinajstić information content (AvgIpc) is 2.60. The minimum atomic E-state index is -0.677. The number of carbonyl (C=O) groups is 2. The van der Waals surface area contributed by atoms with Gasteiger partial charge in [-0.05, 0) is 24.3 Å². The largest absolute Gasteiger partial charge is 0.465 e. The van der Waals surface area contributed by atoms with E-state index in [4.69, 9.17) is 17.3 Å². The molecule has 1 amide bonds. The van der Waals surface area contributed by atoms with Crippen molar-refractivity contribution >= 4 is 34.4 Å². The monoisotopic (exact) mass is 341 g/mol. The Labute approximate surface area is 142 Å². The van der Waals surface area contributed by atoms with Gasteiger partial charge in [0, 0.05) is 28.9 Å². The zero-order valence-electron chi connectivity index (χ0n) is 12.6. The molecular weight excluding hydrogens is 330 g/mol. The second-order valence-corrected chi connectivity index (χ2v) is 5.41. The highest BCUT2D eigenvalue weighted by atomic mass is 35.5. The van der Waals surface area contributed by atoms with Crippen molar-refractivity contribution in [3.63, 3.8) is 0 Å². The minimum Gasteiger partial charge on any atom is -0.465 e. The summed E-state index contributed by atoms with van der Waals surface area (Å²) in [6, 6.07) is 7.87. The van der Waals surface area contributed by atoms with Crippen molar-refractivity contribution in [2.75, 3.05) is 7.11 Å². The highest BCUT2D eigenvalue weighted by Crippen LogP contribution is 2.30. The van der Waals surface area contributed by atoms with Crippen LogP contribution < -0.4 is 5.73 Å². The molecule has 0 aliphatic rings. The summed E-state index contributed by atoms with van der Waals surface area (Å²) in [5.74, 6) is -1.23. The van der Waals surface area contributed by atoms with Crippen molar-refractivity contribution in [2.24, 2.45) is 5.73 Å². The van der Waals surface area contributed by atoms with E-state index in [1.165, 1.54) is 13.2 Å². The number of nitrogens with two attached hydrogens (primary N) is 1. The first-order valence-corrected chi connectivity index (χ1v) is 7.32. The lowest BCUT2D eigenvalue weighted by atomic mass is 10.00. The molecule has 0 fully saturated rings. The first kappa shape index (κ1) is 15.9. The van der Waals surface area contributed by atoms with Gasteiger partial charge >= 0.3 is 5.97 Å². The molecule has 120 valence electrons. The van der Waals surface area contributed by atoms with Crippen molar-refractivity contribution in [2.45, 2.75) is 0 Å². The number of benzene rings is 1. The van der Waals surface area contributed by atoms with Crippen molar-refractivity contribution < 1.29 is 14.3 Å². The Morgan fingerprint density at radius 2 is 2.00 bits per heavy atom. The van der Waals surface area contributed by atoms with Crippen LogP contribution in [0.1, 0.15) is 20.7 Å². The molecule has 0 atom stereocenters. The van der Waals surface area contributed by atoms with Crippen LogP contribution in [0.2, 0.25) is 5.02 Å². The molecule has 2 heterocycles. The Bertz CT molecular complexity index is 972. The second kappa shape index (κ2) is 6.25. The number of fused-ring (bicyclic) bond motifs is 1. The maximum absolute atomic E-state index is 11.8. The van der Waals surface area contributed by atoms with E-state index in [1.54, 1.807) is 36.7 Å². The predicted octanol–water partition coefficient (Wildman–Crippen LogP) is 2.84. The lowest BCUT2D eigenvalue weighted by molar-refractivity contribution is 0.0600. The van der Waals surface area contributed by atoms with Gasteiger partial charge in [0.25, 0.3) is 0 Å². The third-order valence-corrected chi connectivity index (χ3v) is 3.85. The van der Waals surface area contributed by atoms with E-state index in [0.29, 0.717) is 27.2 Å². The molecule has 0 saturated heterocycles. The van der Waals surface area contributed by atoms with E-state index in [1.807, 2.05) is 0 Å². The van der Waals surface area contributed by atoms with E-state index in [0.717, 1.165) is 0 Å². The second-order valence-electron chi connectivity index (χ2n) is 5.00. The van der Waals surface area contributed by atoms with Gasteiger partial charge in [-0.25, -0.2) is 9.78 Å².